The van der Waals surface area contributed by atoms with E-state index in [0.717, 1.165) is 0 Å². The Balaban J connectivity index is 2.85. The molecule has 0 aromatic heterocycles. The highest BCUT2D eigenvalue weighted by Gasteiger charge is 2.41. The zero-order chi connectivity index (χ0) is 17.0. The van der Waals surface area contributed by atoms with Crippen LogP contribution in [0.15, 0.2) is 0 Å². The van der Waals surface area contributed by atoms with Crippen molar-refractivity contribution < 1.29 is 19.1 Å². The zero-order valence-electron chi connectivity index (χ0n) is 13.9. The molecule has 1 fully saturated rings. The van der Waals surface area contributed by atoms with Crippen LogP contribution in [0.3, 0.4) is 0 Å². The van der Waals surface area contributed by atoms with E-state index < -0.39 is 12.1 Å². The molecular weight excluding hydrogens is 304 g/mol. The Morgan fingerprint density at radius 2 is 1.91 bits per heavy atom. The Morgan fingerprint density at radius 1 is 1.32 bits per heavy atom. The Morgan fingerprint density at radius 3 is 2.36 bits per heavy atom. The van der Waals surface area contributed by atoms with Crippen molar-refractivity contribution in [1.82, 2.24) is 9.80 Å². The molecule has 7 heteroatoms. The number of carbonyl (C=O) groups is 3. The van der Waals surface area contributed by atoms with E-state index in [0.29, 0.717) is 13.1 Å². The molecule has 6 nitrogen and oxygen atoms in total. The molecule has 126 valence electrons. The van der Waals surface area contributed by atoms with Gasteiger partial charge in [-0.3, -0.25) is 9.59 Å². The fraction of sp³-hybridized carbons (Fsp3) is 0.800. The molecule has 0 N–H and O–H groups in total. The number of Topliss-reactive ketones (excluding diaryl/α,β-unsaturated/α-hetero) is 1. The maximum atomic E-state index is 12.7. The van der Waals surface area contributed by atoms with Gasteiger partial charge in [0.05, 0.1) is 24.8 Å². The van der Waals surface area contributed by atoms with E-state index in [1.54, 1.807) is 7.05 Å². The SMILES string of the molecule is COC(=O)N1C[C@H](C)[C@H](C(=O)N(C)[C@H](C(=O)CS)C(C)C)C1. The van der Waals surface area contributed by atoms with E-state index in [9.17, 15) is 14.4 Å². The van der Waals surface area contributed by atoms with Crippen LogP contribution in [0.4, 0.5) is 4.79 Å². The second-order valence-corrected chi connectivity index (χ2v) is 6.54. The smallest absolute Gasteiger partial charge is 0.409 e. The van der Waals surface area contributed by atoms with Gasteiger partial charge in [-0.25, -0.2) is 4.79 Å². The van der Waals surface area contributed by atoms with Crippen LogP contribution < -0.4 is 0 Å². The summed E-state index contributed by atoms with van der Waals surface area (Å²) >= 11 is 4.04. The molecule has 0 aromatic rings. The number of hydrogen-bond acceptors (Lipinski definition) is 5. The van der Waals surface area contributed by atoms with Gasteiger partial charge in [0.2, 0.25) is 5.91 Å². The van der Waals surface area contributed by atoms with Crippen molar-refractivity contribution in [2.75, 3.05) is 33.0 Å². The van der Waals surface area contributed by atoms with Crippen molar-refractivity contribution in [3.63, 3.8) is 0 Å². The monoisotopic (exact) mass is 330 g/mol. The Kier molecular flexibility index (Phi) is 6.71. The van der Waals surface area contributed by atoms with Crippen LogP contribution in [-0.4, -0.2) is 66.6 Å². The highest BCUT2D eigenvalue weighted by Crippen LogP contribution is 2.26. The fourth-order valence-electron chi connectivity index (χ4n) is 3.09. The van der Waals surface area contributed by atoms with Crippen molar-refractivity contribution in [3.05, 3.63) is 0 Å². The third-order valence-electron chi connectivity index (χ3n) is 4.24. The lowest BCUT2D eigenvalue weighted by Crippen LogP contribution is -2.49. The van der Waals surface area contributed by atoms with Gasteiger partial charge in [-0.2, -0.15) is 12.6 Å². The molecule has 1 rings (SSSR count). The average Bonchev–Trinajstić information content (AvgIpc) is 2.86. The van der Waals surface area contributed by atoms with E-state index >= 15 is 0 Å². The molecule has 0 aliphatic carbocycles. The summed E-state index contributed by atoms with van der Waals surface area (Å²) in [6.45, 7) is 6.58. The van der Waals surface area contributed by atoms with Crippen LogP contribution in [0.2, 0.25) is 0 Å². The summed E-state index contributed by atoms with van der Waals surface area (Å²) in [6, 6.07) is -0.482. The van der Waals surface area contributed by atoms with E-state index in [4.69, 9.17) is 4.74 Å². The summed E-state index contributed by atoms with van der Waals surface area (Å²) < 4.78 is 4.71. The molecular formula is C15H26N2O4S. The van der Waals surface area contributed by atoms with Gasteiger partial charge in [0.1, 0.15) is 0 Å². The second-order valence-electron chi connectivity index (χ2n) is 6.22. The van der Waals surface area contributed by atoms with Gasteiger partial charge in [-0.1, -0.05) is 20.8 Å². The Hall–Kier alpha value is -1.24. The largest absolute Gasteiger partial charge is 0.453 e. The molecule has 1 heterocycles. The molecule has 22 heavy (non-hydrogen) atoms. The minimum Gasteiger partial charge on any atom is -0.453 e. The molecule has 0 radical (unpaired) electrons. The number of nitrogens with zero attached hydrogens (tertiary/aromatic N) is 2. The number of thiol groups is 1. The first-order valence-electron chi connectivity index (χ1n) is 7.47. The van der Waals surface area contributed by atoms with E-state index in [-0.39, 0.29) is 35.2 Å². The summed E-state index contributed by atoms with van der Waals surface area (Å²) in [7, 11) is 2.98. The highest BCUT2D eigenvalue weighted by atomic mass is 32.1. The molecule has 2 amide bonds. The standard InChI is InChI=1S/C15H26N2O4S/c1-9(2)13(12(18)8-22)16(4)14(19)11-7-17(6-10(11)3)15(20)21-5/h9-11,13,22H,6-8H2,1-5H3/t10-,11+,13-/m0/s1. The summed E-state index contributed by atoms with van der Waals surface area (Å²) in [4.78, 5) is 39.5. The summed E-state index contributed by atoms with van der Waals surface area (Å²) in [5.74, 6) is -0.319. The number of carbonyl (C=O) groups excluding carboxylic acids is 3. The van der Waals surface area contributed by atoms with Gasteiger partial charge in [0, 0.05) is 20.1 Å². The number of hydrogen-bond donors (Lipinski definition) is 1. The molecule has 0 bridgehead atoms. The Labute approximate surface area is 137 Å². The molecule has 0 aromatic carbocycles. The predicted octanol–water partition coefficient (Wildman–Crippen LogP) is 1.30. The molecule has 0 spiro atoms. The van der Waals surface area contributed by atoms with Crippen LogP contribution in [0.25, 0.3) is 0 Å². The van der Waals surface area contributed by atoms with Crippen molar-refractivity contribution >= 4 is 30.4 Å². The van der Waals surface area contributed by atoms with Gasteiger partial charge < -0.3 is 14.5 Å². The average molecular weight is 330 g/mol. The highest BCUT2D eigenvalue weighted by molar-refractivity contribution is 7.81. The van der Waals surface area contributed by atoms with Gasteiger partial charge in [-0.05, 0) is 11.8 Å². The van der Waals surface area contributed by atoms with Crippen molar-refractivity contribution in [3.8, 4) is 0 Å². The fourth-order valence-corrected chi connectivity index (χ4v) is 3.28. The number of likely N-dealkylation sites (N-methyl/N-ethyl adjacent to an activating group) is 1. The zero-order valence-corrected chi connectivity index (χ0v) is 14.8. The maximum Gasteiger partial charge on any atom is 0.409 e. The van der Waals surface area contributed by atoms with Crippen LogP contribution >= 0.6 is 12.6 Å². The second kappa shape index (κ2) is 7.85. The number of ether oxygens (including phenoxy) is 1. The topological polar surface area (TPSA) is 66.9 Å². The molecule has 1 aliphatic rings. The number of ketones is 1. The number of rotatable bonds is 5. The number of likely N-dealkylation sites (tertiary alicyclic amines) is 1. The maximum absolute atomic E-state index is 12.7. The third kappa shape index (κ3) is 3.94. The summed E-state index contributed by atoms with van der Waals surface area (Å²) in [6.07, 6.45) is -0.420. The van der Waals surface area contributed by atoms with Crippen LogP contribution in [-0.2, 0) is 14.3 Å². The first-order valence-corrected chi connectivity index (χ1v) is 8.10. The van der Waals surface area contributed by atoms with Crippen molar-refractivity contribution in [2.45, 2.75) is 26.8 Å². The van der Waals surface area contributed by atoms with Gasteiger partial charge in [-0.15, -0.1) is 0 Å². The van der Waals surface area contributed by atoms with Gasteiger partial charge in [0.15, 0.2) is 5.78 Å². The van der Waals surface area contributed by atoms with Gasteiger partial charge in [0.25, 0.3) is 0 Å². The quantitative estimate of drug-likeness (QED) is 0.772. The molecule has 0 unspecified atom stereocenters. The number of methoxy groups -OCH3 is 1. The van der Waals surface area contributed by atoms with E-state index in [2.05, 4.69) is 12.6 Å². The number of amides is 2. The van der Waals surface area contributed by atoms with Crippen molar-refractivity contribution in [2.24, 2.45) is 17.8 Å². The molecule has 0 saturated carbocycles. The van der Waals surface area contributed by atoms with E-state index in [1.165, 1.54) is 16.9 Å². The minimum atomic E-state index is -0.482. The molecule has 3 atom stereocenters. The summed E-state index contributed by atoms with van der Waals surface area (Å²) in [5.41, 5.74) is 0. The van der Waals surface area contributed by atoms with Gasteiger partial charge >= 0.3 is 6.09 Å². The van der Waals surface area contributed by atoms with Crippen molar-refractivity contribution in [1.29, 1.82) is 0 Å². The first kappa shape index (κ1) is 18.8. The third-order valence-corrected chi connectivity index (χ3v) is 4.56. The summed E-state index contributed by atoms with van der Waals surface area (Å²) in [5, 5.41) is 0. The van der Waals surface area contributed by atoms with Crippen LogP contribution in [0, 0.1) is 17.8 Å². The normalized spacial score (nSPS) is 22.6. The molecule has 1 aliphatic heterocycles. The minimum absolute atomic E-state index is 0.0158. The Bertz CT molecular complexity index is 441. The lowest BCUT2D eigenvalue weighted by Gasteiger charge is -2.32. The predicted molar refractivity (Wildman–Crippen MR) is 86.9 cm³/mol. The van der Waals surface area contributed by atoms with Crippen LogP contribution in [0.1, 0.15) is 20.8 Å². The molecule has 1 saturated heterocycles. The van der Waals surface area contributed by atoms with Crippen LogP contribution in [0.5, 0.6) is 0 Å². The lowest BCUT2D eigenvalue weighted by atomic mass is 9.93. The van der Waals surface area contributed by atoms with E-state index in [1.807, 2.05) is 20.8 Å². The first-order chi connectivity index (χ1) is 10.2. The lowest BCUT2D eigenvalue weighted by molar-refractivity contribution is -0.142.